The molecule has 0 unspecified atom stereocenters. The molecule has 0 aliphatic carbocycles. The quantitative estimate of drug-likeness (QED) is 0.0511. The molecule has 0 aromatic heterocycles. The van der Waals surface area contributed by atoms with Crippen LogP contribution in [0.25, 0.3) is 0 Å². The Morgan fingerprint density at radius 1 is 0.102 bits per heavy atom. The lowest BCUT2D eigenvalue weighted by Gasteiger charge is -2.45. The highest BCUT2D eigenvalue weighted by molar-refractivity contribution is 6.99. The second-order valence-corrected chi connectivity index (χ2v) is 160. The molecule has 0 spiro atoms. The Kier molecular flexibility index (Phi) is 46.5. The van der Waals surface area contributed by atoms with Crippen LogP contribution in [0.2, 0.25) is 406 Å². The first-order valence-electron chi connectivity index (χ1n) is 44.6. The normalized spacial score (nSPS) is 16.2. The minimum Gasteiger partial charge on any atom is -0.433 e. The van der Waals surface area contributed by atoms with Gasteiger partial charge in [-0.1, -0.05) is 5.70 Å². The smallest absolute Gasteiger partial charge is 0.322 e. The first-order valence-corrected chi connectivity index (χ1v) is 132. The van der Waals surface area contributed by atoms with Gasteiger partial charge in [0.2, 0.25) is 0 Å². The zero-order chi connectivity index (χ0) is 102. The number of hydrogen-bond acceptors (Lipinski definition) is 31. The average molecular weight is 2340 g/mol. The largest absolute Gasteiger partial charge is 0.433 e. The zero-order valence-electron chi connectivity index (χ0n) is 92.4. The fraction of sp³-hybridized carbons (Fsp3) is 0.969. The predicted octanol–water partition coefficient (Wildman–Crippen LogP) is 23.1. The molecule has 127 heavy (non-hydrogen) atoms. The second-order valence-electron chi connectivity index (χ2n) is 47.1. The van der Waals surface area contributed by atoms with Gasteiger partial charge in [0.25, 0.3) is 0 Å². The van der Waals surface area contributed by atoms with Gasteiger partial charge in [-0.3, -0.25) is 0 Å². The molecule has 762 valence electrons. The maximum absolute atomic E-state index is 7.03. The van der Waals surface area contributed by atoms with E-state index in [9.17, 15) is 0 Å². The average Bonchev–Trinajstić information content (AvgIpc) is 0.796. The van der Waals surface area contributed by atoms with E-state index in [4.69, 9.17) is 128 Å². The molecule has 0 saturated carbocycles. The summed E-state index contributed by atoms with van der Waals surface area (Å²) in [6, 6.07) is 0. The molecule has 0 radical (unpaired) electrons. The van der Waals surface area contributed by atoms with Crippen molar-refractivity contribution in [3.63, 3.8) is 0 Å². The van der Waals surface area contributed by atoms with Crippen LogP contribution in [0.15, 0.2) is 12.3 Å². The molecule has 0 saturated heterocycles. The topological polar surface area (TPSA) is 286 Å². The molecule has 0 amide bonds. The summed E-state index contributed by atoms with van der Waals surface area (Å²) in [5.74, 6) is 0. The van der Waals surface area contributed by atoms with E-state index in [1.165, 1.54) is 0 Å². The Balaban J connectivity index is 5.98. The zero-order valence-corrected chi connectivity index (χ0v) is 123. The molecular formula is C65H192O31Si31. The maximum atomic E-state index is 7.03. The molecule has 62 heteroatoms. The van der Waals surface area contributed by atoms with Gasteiger partial charge in [0.05, 0.1) is 0 Å². The van der Waals surface area contributed by atoms with E-state index in [0.29, 0.717) is 0 Å². The van der Waals surface area contributed by atoms with Gasteiger partial charge in [-0.2, -0.15) is 0 Å². The third-order valence-corrected chi connectivity index (χ3v) is 136. The molecule has 0 aliphatic rings. The second kappa shape index (κ2) is 44.7. The molecule has 0 bridgehead atoms. The van der Waals surface area contributed by atoms with Crippen molar-refractivity contribution in [1.29, 1.82) is 0 Å². The summed E-state index contributed by atoms with van der Waals surface area (Å²) in [5, 5.41) is 0. The minimum absolute atomic E-state index is 1.69. The highest BCUT2D eigenvalue weighted by atomic mass is 28.6. The molecule has 0 aromatic carbocycles. The summed E-state index contributed by atoms with van der Waals surface area (Å²) in [5.41, 5.74) is 1.94. The molecule has 0 aromatic rings. The summed E-state index contributed by atoms with van der Waals surface area (Å²) in [6.07, 6.45) is 0. The molecular weight excluding hydrogens is 2150 g/mol. The molecule has 31 nitrogen and oxygen atoms in total. The fourth-order valence-electron chi connectivity index (χ4n) is 18.5. The van der Waals surface area contributed by atoms with Gasteiger partial charge in [-0.05, 0) is 406 Å². The van der Waals surface area contributed by atoms with Gasteiger partial charge < -0.3 is 128 Å². The maximum Gasteiger partial charge on any atom is 0.322 e. The van der Waals surface area contributed by atoms with Gasteiger partial charge in [-0.15, -0.1) is 6.58 Å². The highest BCUT2D eigenvalue weighted by Crippen LogP contribution is 2.39. The van der Waals surface area contributed by atoms with Crippen molar-refractivity contribution < 1.29 is 128 Å². The van der Waals surface area contributed by atoms with Crippen LogP contribution in [0, 0.1) is 0 Å². The summed E-state index contributed by atoms with van der Waals surface area (Å²) >= 11 is 0. The van der Waals surface area contributed by atoms with Crippen LogP contribution in [-0.2, 0) is 128 Å². The van der Waals surface area contributed by atoms with Crippen LogP contribution in [0.3, 0.4) is 0 Å². The molecule has 0 atom stereocenters. The Morgan fingerprint density at radius 2 is 0.157 bits per heavy atom. The Bertz CT molecular complexity index is 3340. The van der Waals surface area contributed by atoms with Gasteiger partial charge >= 0.3 is 257 Å². The van der Waals surface area contributed by atoms with E-state index in [1.807, 2.05) is 45.0 Å². The first kappa shape index (κ1) is 132. The first-order chi connectivity index (χ1) is 54.3. The summed E-state index contributed by atoms with van der Waals surface area (Å²) in [7, 11) is -85.7. The van der Waals surface area contributed by atoms with Crippen molar-refractivity contribution in [3.8, 4) is 0 Å². The Labute approximate surface area is 810 Å². The van der Waals surface area contributed by atoms with E-state index in [0.717, 1.165) is 0 Å². The van der Waals surface area contributed by atoms with Crippen LogP contribution in [0.1, 0.15) is 0 Å². The predicted molar refractivity (Wildman–Crippen MR) is 592 cm³/mol. The van der Waals surface area contributed by atoms with Crippen molar-refractivity contribution in [3.05, 3.63) is 12.3 Å². The van der Waals surface area contributed by atoms with Gasteiger partial charge in [-0.25, -0.2) is 0 Å². The minimum atomic E-state index is -2.95. The summed E-state index contributed by atoms with van der Waals surface area (Å²) in [4.78, 5) is 0. The van der Waals surface area contributed by atoms with E-state index < -0.39 is 265 Å². The van der Waals surface area contributed by atoms with E-state index in [-0.39, 0.29) is 0 Å². The molecule has 0 N–H and O–H groups in total. The highest BCUT2D eigenvalue weighted by Gasteiger charge is 2.59. The van der Waals surface area contributed by atoms with Gasteiger partial charge in [0, 0.05) is 7.11 Å². The fourth-order valence-corrected chi connectivity index (χ4v) is 177. The van der Waals surface area contributed by atoms with E-state index in [2.05, 4.69) is 373 Å². The van der Waals surface area contributed by atoms with Crippen LogP contribution >= 0.6 is 0 Å². The van der Waals surface area contributed by atoms with E-state index >= 15 is 0 Å². The lowest BCUT2D eigenvalue weighted by atomic mass is 11.3. The standard InChI is InChI=1S/C65H192O31Si31/c1-65-97(3,4)67-99(7,8)69-101(11,12)71-103(15,16)73-105(19,20)75-107(23,24)77-109(27,28)79-111(31,32)81-113(35,36)83-115(39,40)85-117(43,44)87-119(47,48)89-121(51,52)91-123(55,56)93-125(59,60)95-127(63,64)96-126(61,62)94-124(57,58)92-122(53,54)90-120(49,50)88-118(45,46)86-116(41,42)84-114(37,38)82-112(33,34)80-110(29,30)78-108(25,26)76-106(21,22)74-104(17,18)72-102(13,14)70-100(9,10)68-98(5,6)66-2/h65H,1H2,2-64H3. The van der Waals surface area contributed by atoms with Crippen LogP contribution < -0.4 is 0 Å². The molecule has 0 aliphatic heterocycles. The number of rotatable bonds is 62. The Hall–Kier alpha value is 5.22. The Morgan fingerprint density at radius 3 is 0.213 bits per heavy atom. The molecule has 0 heterocycles. The lowest BCUT2D eigenvalue weighted by molar-refractivity contribution is 0.240. The summed E-state index contributed by atoms with van der Waals surface area (Å²) in [6.45, 7) is 131. The molecule has 0 fully saturated rings. The third kappa shape index (κ3) is 59.9. The van der Waals surface area contributed by atoms with Crippen LogP contribution in [0.4, 0.5) is 0 Å². The third-order valence-electron chi connectivity index (χ3n) is 15.7. The van der Waals surface area contributed by atoms with Gasteiger partial charge in [0.15, 0.2) is 8.32 Å². The van der Waals surface area contributed by atoms with Crippen molar-refractivity contribution >= 4 is 265 Å². The van der Waals surface area contributed by atoms with Gasteiger partial charge in [0.1, 0.15) is 0 Å². The van der Waals surface area contributed by atoms with Crippen molar-refractivity contribution in [2.45, 2.75) is 406 Å². The van der Waals surface area contributed by atoms with Crippen molar-refractivity contribution in [1.82, 2.24) is 0 Å². The monoisotopic (exact) mass is 2340 g/mol. The lowest BCUT2D eigenvalue weighted by Crippen LogP contribution is -2.63. The van der Waals surface area contributed by atoms with Crippen molar-refractivity contribution in [2.75, 3.05) is 7.11 Å². The number of hydrogen-bond donors (Lipinski definition) is 0. The van der Waals surface area contributed by atoms with Crippen LogP contribution in [-0.4, -0.2) is 272 Å². The van der Waals surface area contributed by atoms with Crippen LogP contribution in [0.5, 0.6) is 0 Å². The molecule has 0 rings (SSSR count). The SMILES string of the molecule is C=C[Si](C)(C)O[Si](C)(C)O[Si](C)(C)O[Si](C)(C)O[Si](C)(C)O[Si](C)(C)O[Si](C)(C)O[Si](C)(C)O[Si](C)(C)O[Si](C)(C)O[Si](C)(C)O[Si](C)(C)O[Si](C)(C)O[Si](C)(C)O[Si](C)(C)O[Si](C)(C)O[Si](C)(C)O[Si](C)(C)O[Si](C)(C)O[Si](C)(C)O[Si](C)(C)O[Si](C)(C)O[Si](C)(C)O[Si](C)(C)O[Si](C)(C)O[Si](C)(C)O[Si](C)(C)O[Si](C)(C)O[Si](C)(C)O[Si](C)(C)O[Si](C)(C)OC. The summed E-state index contributed by atoms with van der Waals surface area (Å²) < 4.78 is 213. The van der Waals surface area contributed by atoms with E-state index in [1.54, 1.807) is 7.11 Å². The van der Waals surface area contributed by atoms with Crippen molar-refractivity contribution in [2.24, 2.45) is 0 Å².